The van der Waals surface area contributed by atoms with Crippen molar-refractivity contribution in [2.24, 2.45) is 4.99 Å². The molecule has 0 saturated carbocycles. The molecular weight excluding hydrogens is 505 g/mol. The molecular formula is C27H19F3N2O4S. The fourth-order valence-electron chi connectivity index (χ4n) is 4.29. The number of hydrogen-bond donors (Lipinski definition) is 0. The lowest BCUT2D eigenvalue weighted by atomic mass is 9.96. The predicted octanol–water partition coefficient (Wildman–Crippen LogP) is 4.69. The third-order valence-corrected chi connectivity index (χ3v) is 6.92. The first-order chi connectivity index (χ1) is 17.7. The summed E-state index contributed by atoms with van der Waals surface area (Å²) in [5, 5.41) is 0. The van der Waals surface area contributed by atoms with E-state index in [0.29, 0.717) is 16.1 Å². The maximum atomic E-state index is 13.5. The zero-order chi connectivity index (χ0) is 26.3. The van der Waals surface area contributed by atoms with E-state index in [1.54, 1.807) is 31.2 Å². The Labute approximate surface area is 212 Å². The zero-order valence-electron chi connectivity index (χ0n) is 19.6. The second-order valence-corrected chi connectivity index (χ2v) is 9.24. The van der Waals surface area contributed by atoms with Crippen LogP contribution in [-0.2, 0) is 15.7 Å². The summed E-state index contributed by atoms with van der Waals surface area (Å²) in [5.74, 6) is -0.362. The van der Waals surface area contributed by atoms with Crippen molar-refractivity contribution in [1.82, 2.24) is 4.57 Å². The minimum absolute atomic E-state index is 0.0259. The van der Waals surface area contributed by atoms with Crippen LogP contribution in [0, 0.1) is 0 Å². The van der Waals surface area contributed by atoms with Crippen molar-refractivity contribution in [2.45, 2.75) is 19.1 Å². The van der Waals surface area contributed by atoms with Crippen molar-refractivity contribution in [3.8, 4) is 11.3 Å². The lowest BCUT2D eigenvalue weighted by Crippen LogP contribution is -2.39. The Hall–Kier alpha value is -4.18. The van der Waals surface area contributed by atoms with Gasteiger partial charge < -0.3 is 9.15 Å². The van der Waals surface area contributed by atoms with E-state index in [1.165, 1.54) is 48.1 Å². The number of aromatic nitrogens is 1. The van der Waals surface area contributed by atoms with Crippen LogP contribution in [-0.4, -0.2) is 17.6 Å². The number of methoxy groups -OCH3 is 1. The number of benzene rings is 2. The first kappa shape index (κ1) is 24.5. The number of furan rings is 1. The molecule has 0 fully saturated rings. The van der Waals surface area contributed by atoms with Gasteiger partial charge in [0.05, 0.1) is 34.5 Å². The van der Waals surface area contributed by atoms with Crippen LogP contribution < -0.4 is 14.9 Å². The van der Waals surface area contributed by atoms with Crippen LogP contribution in [0.2, 0.25) is 0 Å². The molecule has 10 heteroatoms. The molecule has 6 nitrogen and oxygen atoms in total. The first-order valence-corrected chi connectivity index (χ1v) is 11.9. The summed E-state index contributed by atoms with van der Waals surface area (Å²) >= 11 is 1.09. The Kier molecular flexibility index (Phi) is 6.20. The smallest absolute Gasteiger partial charge is 0.417 e. The van der Waals surface area contributed by atoms with Crippen LogP contribution in [0.25, 0.3) is 17.4 Å². The van der Waals surface area contributed by atoms with Gasteiger partial charge in [-0.1, -0.05) is 59.9 Å². The SMILES string of the molecule is COC(=O)C1=C(C)N=c2s/c(=C\c3ccc(-c4ccccc4C(F)(F)F)o3)c(=O)n2[C@H]1c1ccccc1. The van der Waals surface area contributed by atoms with Gasteiger partial charge in [-0.15, -0.1) is 0 Å². The molecule has 3 heterocycles. The van der Waals surface area contributed by atoms with Crippen molar-refractivity contribution in [3.05, 3.63) is 115 Å². The van der Waals surface area contributed by atoms with Crippen molar-refractivity contribution < 1.29 is 27.1 Å². The maximum absolute atomic E-state index is 13.5. The molecule has 0 amide bonds. The number of carbonyl (C=O) groups excluding carboxylic acids is 1. The quantitative estimate of drug-likeness (QED) is 0.363. The maximum Gasteiger partial charge on any atom is 0.417 e. The van der Waals surface area contributed by atoms with Crippen molar-refractivity contribution >= 4 is 23.4 Å². The van der Waals surface area contributed by atoms with E-state index in [9.17, 15) is 22.8 Å². The molecule has 0 bridgehead atoms. The average Bonchev–Trinajstić information content (AvgIpc) is 3.47. The number of carbonyl (C=O) groups is 1. The van der Waals surface area contributed by atoms with Crippen LogP contribution >= 0.6 is 11.3 Å². The fraction of sp³-hybridized carbons (Fsp3) is 0.148. The molecule has 37 heavy (non-hydrogen) atoms. The molecule has 0 radical (unpaired) electrons. The minimum atomic E-state index is -4.55. The number of fused-ring (bicyclic) bond motifs is 1. The number of nitrogens with zero attached hydrogens (tertiary/aromatic N) is 2. The third-order valence-electron chi connectivity index (χ3n) is 5.94. The van der Waals surface area contributed by atoms with Gasteiger partial charge in [0.2, 0.25) is 0 Å². The number of halogens is 3. The monoisotopic (exact) mass is 524 g/mol. The van der Waals surface area contributed by atoms with Gasteiger partial charge in [0.1, 0.15) is 11.5 Å². The number of ether oxygens (including phenoxy) is 1. The number of esters is 1. The average molecular weight is 525 g/mol. The highest BCUT2D eigenvalue weighted by molar-refractivity contribution is 7.07. The number of allylic oxidation sites excluding steroid dienone is 1. The standard InChI is InChI=1S/C27H19F3N2O4S/c1-15-22(25(34)35-2)23(16-8-4-3-5-9-16)32-24(33)21(37-26(32)31-15)14-17-12-13-20(36-17)18-10-6-7-11-19(18)27(28,29)30/h3-14,23H,1-2H3/b21-14-/t23-/m0/s1. The molecule has 1 aliphatic heterocycles. The fourth-order valence-corrected chi connectivity index (χ4v) is 5.32. The minimum Gasteiger partial charge on any atom is -0.466 e. The Bertz CT molecular complexity index is 1710. The molecule has 2 aromatic heterocycles. The lowest BCUT2D eigenvalue weighted by Gasteiger charge is -2.24. The molecule has 1 aliphatic rings. The number of rotatable bonds is 4. The van der Waals surface area contributed by atoms with Gasteiger partial charge in [0, 0.05) is 11.6 Å². The van der Waals surface area contributed by atoms with Gasteiger partial charge in [-0.3, -0.25) is 9.36 Å². The summed E-state index contributed by atoms with van der Waals surface area (Å²) in [4.78, 5) is 31.1. The summed E-state index contributed by atoms with van der Waals surface area (Å²) in [6.07, 6.45) is -3.09. The zero-order valence-corrected chi connectivity index (χ0v) is 20.4. The molecule has 0 saturated heterocycles. The van der Waals surface area contributed by atoms with E-state index >= 15 is 0 Å². The van der Waals surface area contributed by atoms with E-state index < -0.39 is 29.3 Å². The number of alkyl halides is 3. The van der Waals surface area contributed by atoms with Crippen LogP contribution in [0.1, 0.15) is 29.9 Å². The van der Waals surface area contributed by atoms with Crippen molar-refractivity contribution in [3.63, 3.8) is 0 Å². The molecule has 1 atom stereocenters. The van der Waals surface area contributed by atoms with Crippen molar-refractivity contribution in [1.29, 1.82) is 0 Å². The molecule has 0 N–H and O–H groups in total. The van der Waals surface area contributed by atoms with E-state index in [2.05, 4.69) is 4.99 Å². The molecule has 0 unspecified atom stereocenters. The number of thiazole rings is 1. The highest BCUT2D eigenvalue weighted by atomic mass is 32.1. The lowest BCUT2D eigenvalue weighted by molar-refractivity contribution is -0.137. The summed E-state index contributed by atoms with van der Waals surface area (Å²) in [7, 11) is 1.27. The highest BCUT2D eigenvalue weighted by Gasteiger charge is 2.34. The van der Waals surface area contributed by atoms with Crippen LogP contribution in [0.15, 0.2) is 92.2 Å². The molecule has 2 aromatic carbocycles. The van der Waals surface area contributed by atoms with Gasteiger partial charge in [0.15, 0.2) is 4.80 Å². The van der Waals surface area contributed by atoms with E-state index in [1.807, 2.05) is 6.07 Å². The molecule has 188 valence electrons. The van der Waals surface area contributed by atoms with Crippen molar-refractivity contribution in [2.75, 3.05) is 7.11 Å². The van der Waals surface area contributed by atoms with E-state index in [-0.39, 0.29) is 27.2 Å². The topological polar surface area (TPSA) is 73.8 Å². The predicted molar refractivity (Wildman–Crippen MR) is 131 cm³/mol. The van der Waals surface area contributed by atoms with Gasteiger partial charge in [-0.05, 0) is 30.7 Å². The van der Waals surface area contributed by atoms with E-state index in [0.717, 1.165) is 17.4 Å². The van der Waals surface area contributed by atoms with Crippen LogP contribution in [0.5, 0.6) is 0 Å². The van der Waals surface area contributed by atoms with Gasteiger partial charge in [0.25, 0.3) is 5.56 Å². The summed E-state index contributed by atoms with van der Waals surface area (Å²) < 4.78 is 52.7. The van der Waals surface area contributed by atoms with Gasteiger partial charge >= 0.3 is 12.1 Å². The van der Waals surface area contributed by atoms with Gasteiger partial charge in [-0.25, -0.2) is 9.79 Å². The Balaban J connectivity index is 1.63. The van der Waals surface area contributed by atoms with E-state index in [4.69, 9.17) is 9.15 Å². The molecule has 5 rings (SSSR count). The second-order valence-electron chi connectivity index (χ2n) is 8.23. The third kappa shape index (κ3) is 4.44. The molecule has 4 aromatic rings. The van der Waals surface area contributed by atoms with Crippen LogP contribution in [0.4, 0.5) is 13.2 Å². The largest absolute Gasteiger partial charge is 0.466 e. The molecule has 0 spiro atoms. The second kappa shape index (κ2) is 9.36. The summed E-state index contributed by atoms with van der Waals surface area (Å²) in [6.45, 7) is 1.68. The summed E-state index contributed by atoms with van der Waals surface area (Å²) in [6, 6.07) is 16.3. The van der Waals surface area contributed by atoms with Crippen LogP contribution in [0.3, 0.4) is 0 Å². The molecule has 0 aliphatic carbocycles. The number of hydrogen-bond acceptors (Lipinski definition) is 6. The summed E-state index contributed by atoms with van der Waals surface area (Å²) in [5.41, 5.74) is 0.0470. The Morgan fingerprint density at radius 2 is 1.78 bits per heavy atom. The Morgan fingerprint density at radius 1 is 1.08 bits per heavy atom. The van der Waals surface area contributed by atoms with Gasteiger partial charge in [-0.2, -0.15) is 13.2 Å². The Morgan fingerprint density at radius 3 is 2.49 bits per heavy atom. The first-order valence-electron chi connectivity index (χ1n) is 11.1. The normalized spacial score (nSPS) is 15.9. The highest BCUT2D eigenvalue weighted by Crippen LogP contribution is 2.37.